The van der Waals surface area contributed by atoms with E-state index in [1.165, 1.54) is 57.8 Å². The number of carbonyl (C=O) groups excluding carboxylic acids is 2. The quantitative estimate of drug-likeness (QED) is 0.335. The molecule has 0 N–H and O–H groups in total. The van der Waals surface area contributed by atoms with Gasteiger partial charge in [0.25, 0.3) is 0 Å². The van der Waals surface area contributed by atoms with E-state index >= 15 is 0 Å². The molecule has 0 aliphatic heterocycles. The maximum Gasteiger partial charge on any atom is 0.135 e. The molecule has 4 unspecified atom stereocenters. The predicted molar refractivity (Wildman–Crippen MR) is 114 cm³/mol. The molecule has 2 heteroatoms. The van der Waals surface area contributed by atoms with E-state index in [1.807, 2.05) is 0 Å². The summed E-state index contributed by atoms with van der Waals surface area (Å²) < 4.78 is 0. The smallest absolute Gasteiger partial charge is 0.135 e. The molecule has 2 fully saturated rings. The molecule has 2 aliphatic rings. The van der Waals surface area contributed by atoms with Gasteiger partial charge in [-0.15, -0.1) is 0 Å². The van der Waals surface area contributed by atoms with Crippen molar-refractivity contribution >= 4 is 11.6 Å². The predicted octanol–water partition coefficient (Wildman–Crippen LogP) is 7.29. The molecule has 0 aromatic carbocycles. The first kappa shape index (κ1) is 22.6. The fourth-order valence-electron chi connectivity index (χ4n) is 5.43. The first-order chi connectivity index (χ1) is 13.1. The molecule has 2 saturated carbocycles. The van der Waals surface area contributed by atoms with Crippen molar-refractivity contribution in [3.8, 4) is 0 Å². The summed E-state index contributed by atoms with van der Waals surface area (Å²) in [7, 11) is 0. The van der Waals surface area contributed by atoms with Crippen molar-refractivity contribution in [3.63, 3.8) is 0 Å². The third-order valence-corrected chi connectivity index (χ3v) is 7.33. The van der Waals surface area contributed by atoms with Gasteiger partial charge in [0.05, 0.1) is 0 Å². The van der Waals surface area contributed by atoms with Crippen LogP contribution in [0.4, 0.5) is 0 Å². The van der Waals surface area contributed by atoms with Crippen LogP contribution < -0.4 is 0 Å². The van der Waals surface area contributed by atoms with Gasteiger partial charge in [-0.2, -0.15) is 0 Å². The molecule has 27 heavy (non-hydrogen) atoms. The van der Waals surface area contributed by atoms with E-state index in [1.54, 1.807) is 0 Å². The van der Waals surface area contributed by atoms with Crippen molar-refractivity contribution in [3.05, 3.63) is 0 Å². The monoisotopic (exact) mass is 376 g/mol. The van der Waals surface area contributed by atoms with Crippen molar-refractivity contribution in [2.24, 2.45) is 23.7 Å². The van der Waals surface area contributed by atoms with E-state index < -0.39 is 0 Å². The second kappa shape index (κ2) is 12.7. The van der Waals surface area contributed by atoms with Gasteiger partial charge < -0.3 is 0 Å². The summed E-state index contributed by atoms with van der Waals surface area (Å²) in [6.07, 6.45) is 19.2. The lowest BCUT2D eigenvalue weighted by Gasteiger charge is -2.30. The lowest BCUT2D eigenvalue weighted by atomic mass is 9.75. The van der Waals surface area contributed by atoms with Crippen molar-refractivity contribution in [1.29, 1.82) is 0 Å². The van der Waals surface area contributed by atoms with Gasteiger partial charge in [-0.1, -0.05) is 71.6 Å². The third kappa shape index (κ3) is 8.48. The van der Waals surface area contributed by atoms with Gasteiger partial charge in [-0.3, -0.25) is 9.59 Å². The first-order valence-electron chi connectivity index (χ1n) is 12.1. The molecule has 0 spiro atoms. The maximum absolute atomic E-state index is 12.7. The number of fused-ring (bicyclic) bond motifs is 1. The Morgan fingerprint density at radius 1 is 0.815 bits per heavy atom. The normalized spacial score (nSPS) is 26.8. The minimum absolute atomic E-state index is 0.327. The largest absolute Gasteiger partial charge is 0.300 e. The summed E-state index contributed by atoms with van der Waals surface area (Å²) >= 11 is 0. The zero-order chi connectivity index (χ0) is 19.5. The van der Waals surface area contributed by atoms with Crippen LogP contribution in [0.1, 0.15) is 123 Å². The first-order valence-corrected chi connectivity index (χ1v) is 12.1. The van der Waals surface area contributed by atoms with Crippen LogP contribution in [0.25, 0.3) is 0 Å². The highest BCUT2D eigenvalue weighted by molar-refractivity contribution is 5.81. The minimum Gasteiger partial charge on any atom is -0.300 e. The molecule has 4 atom stereocenters. The average molecular weight is 377 g/mol. The van der Waals surface area contributed by atoms with Crippen molar-refractivity contribution in [1.82, 2.24) is 0 Å². The van der Waals surface area contributed by atoms with Gasteiger partial charge in [0.15, 0.2) is 0 Å². The van der Waals surface area contributed by atoms with Gasteiger partial charge >= 0.3 is 0 Å². The molecule has 2 rings (SSSR count). The van der Waals surface area contributed by atoms with E-state index in [-0.39, 0.29) is 0 Å². The summed E-state index contributed by atoms with van der Waals surface area (Å²) in [6.45, 7) is 4.49. The summed E-state index contributed by atoms with van der Waals surface area (Å²) in [4.78, 5) is 24.8. The van der Waals surface area contributed by atoms with E-state index in [4.69, 9.17) is 0 Å². The van der Waals surface area contributed by atoms with Gasteiger partial charge in [0, 0.05) is 25.2 Å². The maximum atomic E-state index is 12.7. The minimum atomic E-state index is 0.327. The number of ketones is 2. The zero-order valence-electron chi connectivity index (χ0n) is 18.1. The highest BCUT2D eigenvalue weighted by Crippen LogP contribution is 2.41. The molecule has 0 bridgehead atoms. The highest BCUT2D eigenvalue weighted by atomic mass is 16.1. The average Bonchev–Trinajstić information content (AvgIpc) is 2.90. The molecule has 0 heterocycles. The van der Waals surface area contributed by atoms with Crippen LogP contribution in [0.5, 0.6) is 0 Å². The number of carbonyl (C=O) groups is 2. The molecule has 0 radical (unpaired) electrons. The number of unbranched alkanes of at least 4 members (excludes halogenated alkanes) is 2. The number of Topliss-reactive ketones (excluding diaryl/α,β-unsaturated/α-hetero) is 2. The number of hydrogen-bond donors (Lipinski definition) is 0. The summed E-state index contributed by atoms with van der Waals surface area (Å²) in [5.41, 5.74) is 0. The van der Waals surface area contributed by atoms with Crippen LogP contribution >= 0.6 is 0 Å². The van der Waals surface area contributed by atoms with Gasteiger partial charge in [0.1, 0.15) is 11.6 Å². The van der Waals surface area contributed by atoms with Crippen molar-refractivity contribution in [2.45, 2.75) is 123 Å². The fraction of sp³-hybridized carbons (Fsp3) is 0.920. The van der Waals surface area contributed by atoms with Crippen LogP contribution in [0, 0.1) is 23.7 Å². The molecule has 0 aromatic rings. The van der Waals surface area contributed by atoms with Crippen LogP contribution in [0.2, 0.25) is 0 Å². The molecule has 0 amide bonds. The van der Waals surface area contributed by atoms with Crippen molar-refractivity contribution < 1.29 is 9.59 Å². The SMILES string of the molecule is CCCCC(C)CCC(=O)CCCCC(=O)C1CCCC2CCCCC2C1. The Kier molecular flexibility index (Phi) is 10.7. The molecule has 2 nitrogen and oxygen atoms in total. The standard InChI is InChI=1S/C25H44O2/c1-3-4-10-20(2)17-18-24(26)15-7-8-16-25(27)23-14-9-13-21-11-5-6-12-22(21)19-23/h20-23H,3-19H2,1-2H3. The summed E-state index contributed by atoms with van der Waals surface area (Å²) in [5.74, 6) is 3.65. The van der Waals surface area contributed by atoms with E-state index in [2.05, 4.69) is 13.8 Å². The molecular formula is C25H44O2. The Morgan fingerprint density at radius 3 is 2.30 bits per heavy atom. The zero-order valence-corrected chi connectivity index (χ0v) is 18.1. The van der Waals surface area contributed by atoms with E-state index in [9.17, 15) is 9.59 Å². The second-order valence-corrected chi connectivity index (χ2v) is 9.67. The molecule has 0 saturated heterocycles. The number of rotatable bonds is 12. The van der Waals surface area contributed by atoms with Crippen molar-refractivity contribution in [2.75, 3.05) is 0 Å². The molecule has 2 aliphatic carbocycles. The molecule has 0 aromatic heterocycles. The number of hydrogen-bond acceptors (Lipinski definition) is 2. The fourth-order valence-corrected chi connectivity index (χ4v) is 5.43. The van der Waals surface area contributed by atoms with Crippen LogP contribution in [-0.2, 0) is 9.59 Å². The Bertz CT molecular complexity index is 442. The summed E-state index contributed by atoms with van der Waals surface area (Å²) in [6, 6.07) is 0. The van der Waals surface area contributed by atoms with Crippen LogP contribution in [0.15, 0.2) is 0 Å². The Balaban J connectivity index is 1.58. The Hall–Kier alpha value is -0.660. The molecular weight excluding hydrogens is 332 g/mol. The van der Waals surface area contributed by atoms with Crippen LogP contribution in [-0.4, -0.2) is 11.6 Å². The highest BCUT2D eigenvalue weighted by Gasteiger charge is 2.32. The van der Waals surface area contributed by atoms with Gasteiger partial charge in [-0.05, 0) is 49.9 Å². The Morgan fingerprint density at radius 2 is 1.52 bits per heavy atom. The Labute approximate surface area is 168 Å². The topological polar surface area (TPSA) is 34.1 Å². The second-order valence-electron chi connectivity index (χ2n) is 9.67. The summed E-state index contributed by atoms with van der Waals surface area (Å²) in [5, 5.41) is 0. The van der Waals surface area contributed by atoms with Gasteiger partial charge in [-0.25, -0.2) is 0 Å². The van der Waals surface area contributed by atoms with E-state index in [0.717, 1.165) is 50.4 Å². The third-order valence-electron chi connectivity index (χ3n) is 7.33. The lowest BCUT2D eigenvalue weighted by Crippen LogP contribution is -2.22. The molecule has 156 valence electrons. The van der Waals surface area contributed by atoms with Crippen LogP contribution in [0.3, 0.4) is 0 Å². The van der Waals surface area contributed by atoms with Gasteiger partial charge in [0.2, 0.25) is 0 Å². The van der Waals surface area contributed by atoms with E-state index in [0.29, 0.717) is 36.2 Å². The lowest BCUT2D eigenvalue weighted by molar-refractivity contribution is -0.124.